The molecule has 0 bridgehead atoms. The van der Waals surface area contributed by atoms with Gasteiger partial charge in [-0.2, -0.15) is 0 Å². The van der Waals surface area contributed by atoms with Crippen LogP contribution >= 0.6 is 10.2 Å². The molecule has 11 heteroatoms. The van der Waals surface area contributed by atoms with Crippen LogP contribution < -0.4 is 0 Å². The number of benzene rings is 1. The van der Waals surface area contributed by atoms with Crippen LogP contribution in [0.4, 0.5) is 19.4 Å². The molecule has 0 amide bonds. The molecule has 216 valence electrons. The molecule has 1 aromatic heterocycles. The molecule has 0 radical (unpaired) electrons. The van der Waals surface area contributed by atoms with E-state index in [1.165, 1.54) is 0 Å². The van der Waals surface area contributed by atoms with E-state index in [1.807, 2.05) is 0 Å². The molecule has 2 fully saturated rings. The predicted molar refractivity (Wildman–Crippen MR) is 137 cm³/mol. The third-order valence-electron chi connectivity index (χ3n) is 8.70. The summed E-state index contributed by atoms with van der Waals surface area (Å²) in [5.41, 5.74) is 3.44. The van der Waals surface area contributed by atoms with Gasteiger partial charge in [0.1, 0.15) is 11.0 Å². The van der Waals surface area contributed by atoms with Crippen molar-refractivity contribution in [2.75, 3.05) is 26.4 Å². The fraction of sp³-hybridized carbons (Fsp3) is 0.607. The third kappa shape index (κ3) is 4.88. The Balaban J connectivity index is 1.57. The number of nitrogens with zero attached hydrogens (tertiary/aromatic N) is 1. The summed E-state index contributed by atoms with van der Waals surface area (Å²) in [5, 5.41) is 11.5. The first-order valence-electron chi connectivity index (χ1n) is 13.5. The van der Waals surface area contributed by atoms with E-state index in [9.17, 15) is 24.5 Å². The number of fused-ring (bicyclic) bond motifs is 4. The Kier molecular flexibility index (Phi) is 5.88. The molecule has 0 saturated carbocycles. The zero-order valence-corrected chi connectivity index (χ0v) is 22.8. The van der Waals surface area contributed by atoms with Crippen LogP contribution in [0.1, 0.15) is 97.7 Å². The molecule has 1 aliphatic carbocycles. The largest absolute Gasteiger partial charge is 0.388 e. The van der Waals surface area contributed by atoms with Gasteiger partial charge in [-0.25, -0.2) is 0 Å². The summed E-state index contributed by atoms with van der Waals surface area (Å²) in [6.07, 6.45) is 2.14. The normalized spacial score (nSPS) is 28.4. The molecule has 2 unspecified atom stereocenters. The zero-order valence-electron chi connectivity index (χ0n) is 22.0. The number of aliphatic hydroxyl groups is 1. The van der Waals surface area contributed by atoms with Crippen molar-refractivity contribution in [2.45, 2.75) is 81.0 Å². The van der Waals surface area contributed by atoms with Gasteiger partial charge in [-0.15, -0.1) is 0 Å². The highest BCUT2D eigenvalue weighted by atomic mass is 32.5. The minimum atomic E-state index is -9.82. The van der Waals surface area contributed by atoms with Crippen LogP contribution in [0.5, 0.6) is 0 Å². The Hall–Kier alpha value is -1.79. The summed E-state index contributed by atoms with van der Waals surface area (Å²) in [5.74, 6) is 0.0463. The van der Waals surface area contributed by atoms with Gasteiger partial charge in [0.15, 0.2) is 0 Å². The maximum atomic E-state index is 13.5. The van der Waals surface area contributed by atoms with Crippen LogP contribution in [0.3, 0.4) is 0 Å². The van der Waals surface area contributed by atoms with Crippen molar-refractivity contribution in [1.82, 2.24) is 4.98 Å². The molecule has 6 rings (SSSR count). The van der Waals surface area contributed by atoms with Gasteiger partial charge in [-0.1, -0.05) is 45.4 Å². The summed E-state index contributed by atoms with van der Waals surface area (Å²) in [6, 6.07) is 3.08. The predicted octanol–water partition coefficient (Wildman–Crippen LogP) is 7.76. The highest BCUT2D eigenvalue weighted by Crippen LogP contribution is 3.02. The van der Waals surface area contributed by atoms with Crippen molar-refractivity contribution in [1.29, 1.82) is 0 Å². The van der Waals surface area contributed by atoms with Gasteiger partial charge in [0.05, 0.1) is 17.4 Å². The van der Waals surface area contributed by atoms with Crippen molar-refractivity contribution in [2.24, 2.45) is 5.41 Å². The lowest BCUT2D eigenvalue weighted by Crippen LogP contribution is -2.37. The molecule has 4 heterocycles. The third-order valence-corrected chi connectivity index (χ3v) is 9.87. The van der Waals surface area contributed by atoms with E-state index in [-0.39, 0.29) is 11.3 Å². The number of hydrogen-bond acceptors (Lipinski definition) is 5. The van der Waals surface area contributed by atoms with E-state index < -0.39 is 32.9 Å². The second-order valence-corrected chi connectivity index (χ2v) is 14.6. The first-order valence-corrected chi connectivity index (χ1v) is 15.4. The fourth-order valence-electron chi connectivity index (χ4n) is 6.91. The maximum Gasteiger partial charge on any atom is 0.310 e. The van der Waals surface area contributed by atoms with E-state index in [0.717, 1.165) is 53.1 Å². The first-order chi connectivity index (χ1) is 18.1. The summed E-state index contributed by atoms with van der Waals surface area (Å²) >= 11 is 0. The van der Waals surface area contributed by atoms with Gasteiger partial charge in [0.2, 0.25) is 0 Å². The van der Waals surface area contributed by atoms with Gasteiger partial charge in [-0.3, -0.25) is 4.98 Å². The van der Waals surface area contributed by atoms with Gasteiger partial charge in [0, 0.05) is 62.0 Å². The molecule has 2 saturated heterocycles. The van der Waals surface area contributed by atoms with Crippen LogP contribution in [0.15, 0.2) is 29.2 Å². The molecule has 4 aliphatic rings. The lowest BCUT2D eigenvalue weighted by atomic mass is 9.69. The zero-order chi connectivity index (χ0) is 27.9. The number of halogens is 5. The molecular formula is C28H34F5NO4S. The van der Waals surface area contributed by atoms with Gasteiger partial charge in [-0.05, 0) is 54.4 Å². The molecule has 2 atom stereocenters. The number of aliphatic hydroxyl groups excluding tert-OH is 1. The SMILES string of the molecule is CC1(C)Cc2nc(C3CCOCC3)c3c(c2C(O)C1)C1(CCOCC1)OC3c1ccc(S(F)(F)(F)(F)F)cc1. The van der Waals surface area contributed by atoms with Crippen LogP contribution in [-0.4, -0.2) is 36.5 Å². The molecular weight excluding hydrogens is 541 g/mol. The Labute approximate surface area is 224 Å². The van der Waals surface area contributed by atoms with E-state index in [1.54, 1.807) is 0 Å². The van der Waals surface area contributed by atoms with Crippen LogP contribution in [0.2, 0.25) is 0 Å². The lowest BCUT2D eigenvalue weighted by molar-refractivity contribution is -0.122. The highest BCUT2D eigenvalue weighted by Gasteiger charge is 2.65. The lowest BCUT2D eigenvalue weighted by Gasteiger charge is -2.40. The number of pyridine rings is 1. The van der Waals surface area contributed by atoms with Crippen molar-refractivity contribution in [3.63, 3.8) is 0 Å². The van der Waals surface area contributed by atoms with Gasteiger partial charge >= 0.3 is 10.2 Å². The minimum absolute atomic E-state index is 0.0463. The Morgan fingerprint density at radius 2 is 1.51 bits per heavy atom. The quantitative estimate of drug-likeness (QED) is 0.379. The van der Waals surface area contributed by atoms with Crippen molar-refractivity contribution in [3.8, 4) is 0 Å². The smallest absolute Gasteiger partial charge is 0.310 e. The first kappa shape index (κ1) is 27.4. The molecule has 1 aromatic carbocycles. The molecule has 2 aromatic rings. The second kappa shape index (κ2) is 8.38. The average molecular weight is 576 g/mol. The number of ether oxygens (including phenoxy) is 3. The monoisotopic (exact) mass is 575 g/mol. The van der Waals surface area contributed by atoms with Crippen LogP contribution in [0, 0.1) is 5.41 Å². The van der Waals surface area contributed by atoms with Gasteiger partial charge < -0.3 is 19.3 Å². The summed E-state index contributed by atoms with van der Waals surface area (Å²) < 4.78 is 85.5. The maximum absolute atomic E-state index is 13.5. The van der Waals surface area contributed by atoms with Crippen molar-refractivity contribution >= 4 is 10.2 Å². The summed E-state index contributed by atoms with van der Waals surface area (Å²) in [4.78, 5) is 3.24. The number of rotatable bonds is 3. The van der Waals surface area contributed by atoms with Crippen LogP contribution in [0.25, 0.3) is 0 Å². The topological polar surface area (TPSA) is 60.8 Å². The van der Waals surface area contributed by atoms with E-state index in [0.29, 0.717) is 69.8 Å². The Bertz CT molecular complexity index is 1290. The summed E-state index contributed by atoms with van der Waals surface area (Å²) in [7, 11) is -9.82. The van der Waals surface area contributed by atoms with Crippen molar-refractivity contribution in [3.05, 3.63) is 57.9 Å². The standard InChI is InChI=1S/C28H34F5NO4S/c1-27(2)15-20-22(21(35)16-27)24-23(25(34-20)17-7-11-36-12-8-17)26(38-28(24)9-13-37-14-10-28)18-3-5-19(6-4-18)39(29,30,31,32)33/h3-6,17,21,26,35H,7-16H2,1-2H3. The molecule has 1 spiro atoms. The molecule has 5 nitrogen and oxygen atoms in total. The highest BCUT2D eigenvalue weighted by molar-refractivity contribution is 8.45. The number of hydrogen-bond donors (Lipinski definition) is 1. The minimum Gasteiger partial charge on any atom is -0.388 e. The molecule has 1 N–H and O–H groups in total. The fourth-order valence-corrected chi connectivity index (χ4v) is 7.56. The van der Waals surface area contributed by atoms with E-state index in [2.05, 4.69) is 13.8 Å². The van der Waals surface area contributed by atoms with E-state index in [4.69, 9.17) is 19.2 Å². The summed E-state index contributed by atoms with van der Waals surface area (Å²) in [6.45, 7) is 6.20. The Morgan fingerprint density at radius 1 is 0.897 bits per heavy atom. The Morgan fingerprint density at radius 3 is 2.13 bits per heavy atom. The number of aromatic nitrogens is 1. The average Bonchev–Trinajstić information content (AvgIpc) is 3.16. The molecule has 39 heavy (non-hydrogen) atoms. The molecule has 3 aliphatic heterocycles. The van der Waals surface area contributed by atoms with E-state index >= 15 is 0 Å². The van der Waals surface area contributed by atoms with Crippen molar-refractivity contribution < 1.29 is 38.7 Å². The van der Waals surface area contributed by atoms with Crippen LogP contribution in [-0.2, 0) is 26.2 Å². The van der Waals surface area contributed by atoms with Gasteiger partial charge in [0.25, 0.3) is 0 Å². The second-order valence-electron chi connectivity index (χ2n) is 12.2.